The number of imidazole rings is 1. The lowest BCUT2D eigenvalue weighted by Crippen LogP contribution is -2.51. The van der Waals surface area contributed by atoms with Gasteiger partial charge < -0.3 is 14.6 Å². The topological polar surface area (TPSA) is 99.8 Å². The number of hydrogen-bond acceptors (Lipinski definition) is 6. The van der Waals surface area contributed by atoms with Gasteiger partial charge in [-0.3, -0.25) is 4.79 Å². The minimum atomic E-state index is -0.737. The van der Waals surface area contributed by atoms with Crippen molar-refractivity contribution >= 4 is 16.9 Å². The molecule has 4 rings (SSSR count). The van der Waals surface area contributed by atoms with Gasteiger partial charge in [0.05, 0.1) is 23.7 Å². The van der Waals surface area contributed by atoms with Crippen LogP contribution in [-0.2, 0) is 21.6 Å². The summed E-state index contributed by atoms with van der Waals surface area (Å²) in [7, 11) is 1.68. The van der Waals surface area contributed by atoms with E-state index < -0.39 is 5.54 Å². The predicted molar refractivity (Wildman–Crippen MR) is 107 cm³/mol. The number of aromatic nitrogens is 6. The van der Waals surface area contributed by atoms with Gasteiger partial charge in [-0.2, -0.15) is 0 Å². The van der Waals surface area contributed by atoms with E-state index in [1.54, 1.807) is 18.1 Å². The van der Waals surface area contributed by atoms with Crippen LogP contribution in [0.15, 0.2) is 30.6 Å². The van der Waals surface area contributed by atoms with E-state index in [0.29, 0.717) is 13.2 Å². The van der Waals surface area contributed by atoms with E-state index in [4.69, 9.17) is 9.72 Å². The Morgan fingerprint density at radius 1 is 1.28 bits per heavy atom. The summed E-state index contributed by atoms with van der Waals surface area (Å²) in [6, 6.07) is 7.73. The number of rotatable bonds is 7. The van der Waals surface area contributed by atoms with Crippen molar-refractivity contribution in [3.63, 3.8) is 0 Å². The third kappa shape index (κ3) is 3.62. The summed E-state index contributed by atoms with van der Waals surface area (Å²) in [5.41, 5.74) is 1.21. The van der Waals surface area contributed by atoms with E-state index in [1.807, 2.05) is 31.2 Å². The molecule has 1 amide bonds. The van der Waals surface area contributed by atoms with Gasteiger partial charge in [-0.15, -0.1) is 5.10 Å². The van der Waals surface area contributed by atoms with Crippen molar-refractivity contribution in [2.45, 2.75) is 57.2 Å². The van der Waals surface area contributed by atoms with Gasteiger partial charge in [0, 0.05) is 13.7 Å². The quantitative estimate of drug-likeness (QED) is 0.656. The summed E-state index contributed by atoms with van der Waals surface area (Å²) in [4.78, 5) is 18.2. The second kappa shape index (κ2) is 8.28. The molecule has 2 heterocycles. The van der Waals surface area contributed by atoms with Crippen molar-refractivity contribution in [2.24, 2.45) is 0 Å². The summed E-state index contributed by atoms with van der Waals surface area (Å²) in [6.07, 6.45) is 6.10. The first-order valence-electron chi connectivity index (χ1n) is 10.1. The fourth-order valence-electron chi connectivity index (χ4n) is 4.29. The van der Waals surface area contributed by atoms with Crippen molar-refractivity contribution in [3.8, 4) is 0 Å². The Morgan fingerprint density at radius 2 is 2.07 bits per heavy atom. The first-order valence-corrected chi connectivity index (χ1v) is 10.1. The van der Waals surface area contributed by atoms with Crippen LogP contribution in [0.3, 0.4) is 0 Å². The zero-order chi connectivity index (χ0) is 20.3. The fourth-order valence-corrected chi connectivity index (χ4v) is 4.29. The van der Waals surface area contributed by atoms with E-state index in [-0.39, 0.29) is 11.9 Å². The third-order valence-corrected chi connectivity index (χ3v) is 5.83. The van der Waals surface area contributed by atoms with Crippen LogP contribution in [0.4, 0.5) is 0 Å². The van der Waals surface area contributed by atoms with Crippen LogP contribution in [0, 0.1) is 0 Å². The van der Waals surface area contributed by atoms with Crippen LogP contribution in [0.25, 0.3) is 11.0 Å². The van der Waals surface area contributed by atoms with Crippen LogP contribution in [-0.4, -0.2) is 49.4 Å². The smallest absolute Gasteiger partial charge is 0.248 e. The van der Waals surface area contributed by atoms with Gasteiger partial charge >= 0.3 is 0 Å². The molecule has 1 aromatic carbocycles. The molecule has 29 heavy (non-hydrogen) atoms. The van der Waals surface area contributed by atoms with E-state index in [1.165, 1.54) is 0 Å². The van der Waals surface area contributed by atoms with Crippen molar-refractivity contribution in [1.29, 1.82) is 0 Å². The largest absolute Gasteiger partial charge is 0.383 e. The Morgan fingerprint density at radius 3 is 2.79 bits per heavy atom. The van der Waals surface area contributed by atoms with Crippen molar-refractivity contribution < 1.29 is 9.53 Å². The van der Waals surface area contributed by atoms with Gasteiger partial charge in [-0.05, 0) is 42.3 Å². The molecule has 0 saturated heterocycles. The molecule has 0 unspecified atom stereocenters. The molecule has 0 bridgehead atoms. The molecule has 0 spiro atoms. The Hall–Kier alpha value is -2.81. The Balaban J connectivity index is 1.63. The molecular weight excluding hydrogens is 370 g/mol. The number of hydrogen-bond donors (Lipinski definition) is 1. The monoisotopic (exact) mass is 397 g/mol. The molecule has 1 N–H and O–H groups in total. The van der Waals surface area contributed by atoms with Crippen LogP contribution in [0.1, 0.15) is 50.9 Å². The zero-order valence-electron chi connectivity index (χ0n) is 16.9. The summed E-state index contributed by atoms with van der Waals surface area (Å²) < 4.78 is 9.03. The second-order valence-corrected chi connectivity index (χ2v) is 7.64. The number of carbonyl (C=O) groups is 1. The highest BCUT2D eigenvalue weighted by atomic mass is 16.5. The lowest BCUT2D eigenvalue weighted by molar-refractivity contribution is -0.133. The summed E-state index contributed by atoms with van der Waals surface area (Å²) in [6.45, 7) is 3.21. The number of methoxy groups -OCH3 is 1. The average molecular weight is 397 g/mol. The summed E-state index contributed by atoms with van der Waals surface area (Å²) in [5.74, 6) is 0.765. The Kier molecular flexibility index (Phi) is 5.57. The molecule has 0 radical (unpaired) electrons. The van der Waals surface area contributed by atoms with Crippen LogP contribution >= 0.6 is 0 Å². The average Bonchev–Trinajstić information content (AvgIpc) is 3.41. The maximum atomic E-state index is 13.5. The van der Waals surface area contributed by atoms with E-state index in [9.17, 15) is 4.79 Å². The standard InChI is InChI=1S/C20H27N7O2/c1-15(18-23-16-8-4-5-9-17(16)26(18)12-13-29-2)22-19(28)20(10-6-3-7-11-20)27-14-21-24-25-27/h4-5,8-9,14-15H,3,6-7,10-13H2,1-2H3,(H,22,28)/t15-/m0/s1. The molecular formula is C20H27N7O2. The molecule has 1 fully saturated rings. The van der Waals surface area contributed by atoms with Crippen molar-refractivity contribution in [1.82, 2.24) is 35.1 Å². The number of ether oxygens (including phenoxy) is 1. The fraction of sp³-hybridized carbons (Fsp3) is 0.550. The number of para-hydroxylation sites is 2. The Labute approximate surface area is 169 Å². The minimum Gasteiger partial charge on any atom is -0.383 e. The first kappa shape index (κ1) is 19.5. The number of tetrazole rings is 1. The van der Waals surface area contributed by atoms with Crippen LogP contribution < -0.4 is 5.32 Å². The maximum Gasteiger partial charge on any atom is 0.248 e. The molecule has 0 aliphatic heterocycles. The highest BCUT2D eigenvalue weighted by Crippen LogP contribution is 2.35. The molecule has 2 aromatic heterocycles. The van der Waals surface area contributed by atoms with E-state index >= 15 is 0 Å². The maximum absolute atomic E-state index is 13.5. The molecule has 3 aromatic rings. The van der Waals surface area contributed by atoms with E-state index in [2.05, 4.69) is 25.4 Å². The number of nitrogens with one attached hydrogen (secondary N) is 1. The second-order valence-electron chi connectivity index (χ2n) is 7.64. The van der Waals surface area contributed by atoms with Gasteiger partial charge in [0.1, 0.15) is 17.7 Å². The third-order valence-electron chi connectivity index (χ3n) is 5.83. The SMILES string of the molecule is COCCn1c([C@H](C)NC(=O)C2(n3cnnn3)CCCCC2)nc2ccccc21. The molecule has 9 nitrogen and oxygen atoms in total. The highest BCUT2D eigenvalue weighted by molar-refractivity contribution is 5.85. The van der Waals surface area contributed by atoms with Gasteiger partial charge in [0.25, 0.3) is 0 Å². The number of benzene rings is 1. The number of carbonyl (C=O) groups excluding carboxylic acids is 1. The number of nitrogens with zero attached hydrogens (tertiary/aromatic N) is 6. The van der Waals surface area contributed by atoms with Crippen molar-refractivity contribution in [3.05, 3.63) is 36.4 Å². The highest BCUT2D eigenvalue weighted by Gasteiger charge is 2.43. The zero-order valence-corrected chi connectivity index (χ0v) is 16.9. The Bertz CT molecular complexity index is 961. The molecule has 1 saturated carbocycles. The normalized spacial score (nSPS) is 17.3. The predicted octanol–water partition coefficient (Wildman–Crippen LogP) is 2.21. The van der Waals surface area contributed by atoms with Crippen LogP contribution in [0.5, 0.6) is 0 Å². The van der Waals surface area contributed by atoms with Gasteiger partial charge in [-0.1, -0.05) is 31.4 Å². The van der Waals surface area contributed by atoms with Gasteiger partial charge in [-0.25, -0.2) is 9.67 Å². The summed E-state index contributed by atoms with van der Waals surface area (Å²) in [5, 5.41) is 14.8. The molecule has 154 valence electrons. The summed E-state index contributed by atoms with van der Waals surface area (Å²) >= 11 is 0. The van der Waals surface area contributed by atoms with Crippen molar-refractivity contribution in [2.75, 3.05) is 13.7 Å². The van der Waals surface area contributed by atoms with E-state index in [0.717, 1.165) is 49.0 Å². The molecule has 9 heteroatoms. The number of fused-ring (bicyclic) bond motifs is 1. The lowest BCUT2D eigenvalue weighted by Gasteiger charge is -2.36. The molecule has 1 aliphatic rings. The minimum absolute atomic E-state index is 0.0534. The number of amides is 1. The van der Waals surface area contributed by atoms with Gasteiger partial charge in [0.2, 0.25) is 5.91 Å². The van der Waals surface area contributed by atoms with Gasteiger partial charge in [0.15, 0.2) is 0 Å². The molecule has 1 aliphatic carbocycles. The van der Waals surface area contributed by atoms with Crippen LogP contribution in [0.2, 0.25) is 0 Å². The molecule has 1 atom stereocenters. The lowest BCUT2D eigenvalue weighted by atomic mass is 9.81. The first-order chi connectivity index (χ1) is 14.2.